The van der Waals surface area contributed by atoms with Crippen molar-refractivity contribution in [3.8, 4) is 70.3 Å². The van der Waals surface area contributed by atoms with Crippen molar-refractivity contribution in [3.05, 3.63) is 147 Å². The quantitative estimate of drug-likeness (QED) is 0.0834. The number of hydrogen-bond donors (Lipinski definition) is 1. The number of rotatable bonds is 5. The molecule has 2 aromatic heterocycles. The predicted octanol–water partition coefficient (Wildman–Crippen LogP) is 6.56. The average molecular weight is 796 g/mol. The molecule has 61 heavy (non-hydrogen) atoms. The number of fused-ring (bicyclic) bond motifs is 9. The van der Waals surface area contributed by atoms with Crippen molar-refractivity contribution < 1.29 is 9.68 Å². The Hall–Kier alpha value is -10.0. The summed E-state index contributed by atoms with van der Waals surface area (Å²) in [5, 5.41) is 66.6. The Morgan fingerprint density at radius 1 is 0.590 bits per heavy atom. The number of H-pyrrole nitrogens is 1. The lowest BCUT2D eigenvalue weighted by Gasteiger charge is -2.02. The molecule has 1 aliphatic heterocycles. The van der Waals surface area contributed by atoms with Crippen LogP contribution in [0.15, 0.2) is 101 Å². The maximum Gasteiger partial charge on any atom is 0.177 e. The largest absolute Gasteiger partial charge is 0.399 e. The molecular formula is C43H21N15O3. The van der Waals surface area contributed by atoms with Crippen LogP contribution in [-0.4, -0.2) is 55.0 Å². The van der Waals surface area contributed by atoms with Crippen LogP contribution in [0.2, 0.25) is 0 Å². The Bertz CT molecular complexity index is 3270. The first-order chi connectivity index (χ1) is 29.9. The zero-order chi connectivity index (χ0) is 43.0. The lowest BCUT2D eigenvalue weighted by molar-refractivity contribution is 0.175. The Morgan fingerprint density at radius 2 is 1.03 bits per heavy atom. The Labute approximate surface area is 344 Å². The zero-order valence-corrected chi connectivity index (χ0v) is 31.4. The van der Waals surface area contributed by atoms with Gasteiger partial charge in [0.15, 0.2) is 34.2 Å². The first-order valence-corrected chi connectivity index (χ1v) is 17.5. The number of aromatic amines is 1. The van der Waals surface area contributed by atoms with Gasteiger partial charge in [-0.15, -0.1) is 4.91 Å². The topological polar surface area (TPSA) is 296 Å². The van der Waals surface area contributed by atoms with Crippen LogP contribution in [0, 0.1) is 72.9 Å². The van der Waals surface area contributed by atoms with Crippen molar-refractivity contribution in [2.75, 3.05) is 13.7 Å². The van der Waals surface area contributed by atoms with Gasteiger partial charge in [0.2, 0.25) is 0 Å². The normalized spacial score (nSPS) is 12.2. The number of nitrogens with zero attached hydrogens (tertiary/aromatic N) is 14. The number of nitroso groups, excluding NO2 is 1. The molecule has 3 aliphatic carbocycles. The van der Waals surface area contributed by atoms with Crippen molar-refractivity contribution in [2.45, 2.75) is 0 Å². The summed E-state index contributed by atoms with van der Waals surface area (Å²) in [5.74, 6) is 0. The molecule has 0 fully saturated rings. The molecule has 18 heteroatoms. The van der Waals surface area contributed by atoms with Crippen LogP contribution in [0.25, 0.3) is 44.7 Å². The van der Waals surface area contributed by atoms with Gasteiger partial charge in [-0.1, -0.05) is 95.8 Å². The Morgan fingerprint density at radius 3 is 1.49 bits per heavy atom. The standard InChI is InChI=1S/C16H9N5O.C14H7N5O.C13H5N5O/c1-2-7-22-21-15-11-6-4-3-5-10(11)14-16(15)20-13(9-18)12(8-17)19-14;1-20-19-13-9-5-3-2-4-8(9)12-14(13)18-11(7-16)10(6-15)17-12;14-5-9-10(6-15)17-13-11(16-9)7-3-1-2-4-8(7)12(13)18-19/h2-6H,1,7H2;2-5H,1H3;1-4,17H. The van der Waals surface area contributed by atoms with Gasteiger partial charge in [-0.3, -0.25) is 0 Å². The number of nitrogens with one attached hydrogen (secondary N) is 1. The first-order valence-electron chi connectivity index (χ1n) is 17.5. The predicted molar refractivity (Wildman–Crippen MR) is 216 cm³/mol. The summed E-state index contributed by atoms with van der Waals surface area (Å²) in [6.45, 7) is 3.82. The van der Waals surface area contributed by atoms with Gasteiger partial charge in [-0.2, -0.15) is 31.6 Å². The van der Waals surface area contributed by atoms with Crippen LogP contribution in [0.5, 0.6) is 0 Å². The van der Waals surface area contributed by atoms with Crippen LogP contribution in [0.1, 0.15) is 56.7 Å². The second-order valence-electron chi connectivity index (χ2n) is 12.3. The minimum absolute atomic E-state index is 0.00296. The van der Waals surface area contributed by atoms with E-state index in [9.17, 15) is 4.91 Å². The highest BCUT2D eigenvalue weighted by Crippen LogP contribution is 2.42. The molecule has 18 nitrogen and oxygen atoms in total. The summed E-state index contributed by atoms with van der Waals surface area (Å²) in [5.41, 5.74) is 7.35. The maximum absolute atomic E-state index is 11.0. The number of benzene rings is 3. The van der Waals surface area contributed by atoms with Crippen molar-refractivity contribution >= 4 is 27.9 Å². The molecule has 5 aromatic rings. The van der Waals surface area contributed by atoms with E-state index in [1.165, 1.54) is 7.11 Å². The molecule has 286 valence electrons. The monoisotopic (exact) mass is 795 g/mol. The molecule has 1 N–H and O–H groups in total. The van der Waals surface area contributed by atoms with Gasteiger partial charge in [0.05, 0.1) is 11.4 Å². The summed E-state index contributed by atoms with van der Waals surface area (Å²) in [6, 6.07) is 33.3. The highest BCUT2D eigenvalue weighted by Gasteiger charge is 2.31. The molecule has 0 bridgehead atoms. The van der Waals surface area contributed by atoms with E-state index in [2.05, 4.69) is 52.0 Å². The zero-order valence-electron chi connectivity index (χ0n) is 31.4. The fourth-order valence-corrected chi connectivity index (χ4v) is 6.49. The van der Waals surface area contributed by atoms with Crippen LogP contribution in [0.3, 0.4) is 0 Å². The minimum atomic E-state index is -0.0227. The maximum atomic E-state index is 11.0. The summed E-state index contributed by atoms with van der Waals surface area (Å²) >= 11 is 0. The highest BCUT2D eigenvalue weighted by atomic mass is 16.6. The van der Waals surface area contributed by atoms with Gasteiger partial charge in [-0.25, -0.2) is 24.9 Å². The molecule has 0 amide bonds. The van der Waals surface area contributed by atoms with Gasteiger partial charge in [0.1, 0.15) is 90.0 Å². The van der Waals surface area contributed by atoms with Gasteiger partial charge in [0, 0.05) is 33.0 Å². The summed E-state index contributed by atoms with van der Waals surface area (Å²) in [4.78, 5) is 44.9. The molecule has 9 rings (SSSR count). The van der Waals surface area contributed by atoms with Gasteiger partial charge >= 0.3 is 0 Å². The van der Waals surface area contributed by atoms with Crippen LogP contribution in [-0.2, 0) is 9.68 Å². The molecule has 4 aliphatic rings. The smallest absolute Gasteiger partial charge is 0.177 e. The van der Waals surface area contributed by atoms with Gasteiger partial charge in [-0.05, 0) is 5.18 Å². The number of aromatic nitrogens is 6. The van der Waals surface area contributed by atoms with Crippen LogP contribution in [0.4, 0.5) is 5.69 Å². The van der Waals surface area contributed by atoms with E-state index in [-0.39, 0.29) is 46.5 Å². The third-order valence-electron chi connectivity index (χ3n) is 9.00. The van der Waals surface area contributed by atoms with E-state index >= 15 is 0 Å². The number of hydrogen-bond acceptors (Lipinski definition) is 17. The Balaban J connectivity index is 0.000000138. The van der Waals surface area contributed by atoms with Crippen LogP contribution >= 0.6 is 0 Å². The Kier molecular flexibility index (Phi) is 10.9. The molecule has 0 saturated heterocycles. The molecule has 0 spiro atoms. The first kappa shape index (κ1) is 39.2. The molecule has 3 aromatic carbocycles. The van der Waals surface area contributed by atoms with Gasteiger partial charge < -0.3 is 14.7 Å². The van der Waals surface area contributed by atoms with Crippen molar-refractivity contribution in [2.24, 2.45) is 15.5 Å². The molecule has 0 saturated carbocycles. The van der Waals surface area contributed by atoms with E-state index in [0.29, 0.717) is 51.0 Å². The molecular weight excluding hydrogens is 775 g/mol. The molecule has 0 unspecified atom stereocenters. The van der Waals surface area contributed by atoms with E-state index in [0.717, 1.165) is 27.6 Å². The van der Waals surface area contributed by atoms with Crippen LogP contribution < -0.4 is 0 Å². The van der Waals surface area contributed by atoms with Crippen molar-refractivity contribution in [1.29, 1.82) is 31.6 Å². The van der Waals surface area contributed by atoms with E-state index in [1.54, 1.807) is 24.3 Å². The lowest BCUT2D eigenvalue weighted by atomic mass is 10.1. The highest BCUT2D eigenvalue weighted by molar-refractivity contribution is 6.23. The molecule has 0 radical (unpaired) electrons. The molecule has 3 heterocycles. The van der Waals surface area contributed by atoms with E-state index < -0.39 is 0 Å². The minimum Gasteiger partial charge on any atom is -0.399 e. The third-order valence-corrected chi connectivity index (χ3v) is 9.00. The second kappa shape index (κ2) is 17.0. The fourth-order valence-electron chi connectivity index (χ4n) is 6.49. The average Bonchev–Trinajstić information content (AvgIpc) is 3.91. The summed E-state index contributed by atoms with van der Waals surface area (Å²) in [6.07, 6.45) is 1.58. The van der Waals surface area contributed by atoms with Crippen molar-refractivity contribution in [3.63, 3.8) is 0 Å². The number of nitriles is 6. The second-order valence-corrected chi connectivity index (χ2v) is 12.3. The van der Waals surface area contributed by atoms with E-state index in [4.69, 9.17) is 41.2 Å². The van der Waals surface area contributed by atoms with Crippen molar-refractivity contribution in [1.82, 2.24) is 29.9 Å². The van der Waals surface area contributed by atoms with Gasteiger partial charge in [0.25, 0.3) is 0 Å². The van der Waals surface area contributed by atoms with E-state index in [1.807, 2.05) is 91.0 Å². The fraction of sp³-hybridized carbons (Fsp3) is 0.0465. The molecule has 0 atom stereocenters. The lowest BCUT2D eigenvalue weighted by Crippen LogP contribution is -2.06. The summed E-state index contributed by atoms with van der Waals surface area (Å²) in [7, 11) is 1.44. The summed E-state index contributed by atoms with van der Waals surface area (Å²) < 4.78 is 0. The number of oxime groups is 2. The third kappa shape index (κ3) is 6.92. The SMILES string of the molecule is C=CCON=C1c2ccccc2-c2nc(C#N)c(C#N)nc21.CON=C1c2ccccc2-c2nc(C#N)c(C#N)nc21.N#Cc1nc2c3ccccc3c(N=O)c-2[nH]c1C#N.